The monoisotopic (exact) mass is 208 g/mol. The topological polar surface area (TPSA) is 45.6 Å². The van der Waals surface area contributed by atoms with Gasteiger partial charge in [0.05, 0.1) is 12.2 Å². The van der Waals surface area contributed by atoms with Gasteiger partial charge in [-0.15, -0.1) is 0 Å². The second-order valence-corrected chi connectivity index (χ2v) is 4.11. The maximum Gasteiger partial charge on any atom is 0.171 e. The minimum atomic E-state index is -0.0586. The van der Waals surface area contributed by atoms with Crippen molar-refractivity contribution >= 4 is 5.82 Å². The zero-order valence-corrected chi connectivity index (χ0v) is 9.48. The first-order valence-electron chi connectivity index (χ1n) is 5.07. The smallest absolute Gasteiger partial charge is 0.171 e. The molecule has 1 N–H and O–H groups in total. The molecule has 2 heterocycles. The summed E-state index contributed by atoms with van der Waals surface area (Å²) in [4.78, 5) is 6.03. The summed E-state index contributed by atoms with van der Waals surface area (Å²) in [6.07, 6.45) is 1.75. The number of anilines is 1. The van der Waals surface area contributed by atoms with Gasteiger partial charge in [-0.05, 0) is 13.8 Å². The highest BCUT2D eigenvalue weighted by atomic mass is 16.5. The first-order valence-corrected chi connectivity index (χ1v) is 5.07. The summed E-state index contributed by atoms with van der Waals surface area (Å²) in [6, 6.07) is 0. The Balaban J connectivity index is 2.58. The van der Waals surface area contributed by atoms with Crippen molar-refractivity contribution < 1.29 is 9.84 Å². The quantitative estimate of drug-likeness (QED) is 0.766. The van der Waals surface area contributed by atoms with Crippen LogP contribution in [0.25, 0.3) is 0 Å². The van der Waals surface area contributed by atoms with Crippen molar-refractivity contribution in [3.8, 4) is 5.75 Å². The number of rotatable bonds is 1. The summed E-state index contributed by atoms with van der Waals surface area (Å²) in [6.45, 7) is 3.92. The Hall–Kier alpha value is -1.29. The molecule has 0 fully saturated rings. The van der Waals surface area contributed by atoms with Crippen LogP contribution in [0.5, 0.6) is 5.75 Å². The van der Waals surface area contributed by atoms with Gasteiger partial charge in [0.2, 0.25) is 0 Å². The molecule has 2 atom stereocenters. The van der Waals surface area contributed by atoms with Gasteiger partial charge < -0.3 is 14.7 Å². The second kappa shape index (κ2) is 3.38. The van der Waals surface area contributed by atoms with E-state index in [2.05, 4.69) is 4.98 Å². The Kier molecular flexibility index (Phi) is 2.31. The predicted octanol–water partition coefficient (Wildman–Crippen LogP) is 2.01. The van der Waals surface area contributed by atoms with Crippen LogP contribution in [-0.2, 0) is 4.74 Å². The Morgan fingerprint density at radius 1 is 1.33 bits per heavy atom. The lowest BCUT2D eigenvalue weighted by Gasteiger charge is -2.15. The van der Waals surface area contributed by atoms with E-state index in [1.807, 2.05) is 27.9 Å². The van der Waals surface area contributed by atoms with E-state index >= 15 is 0 Å². The van der Waals surface area contributed by atoms with Crippen molar-refractivity contribution in [2.75, 3.05) is 19.0 Å². The van der Waals surface area contributed by atoms with Crippen molar-refractivity contribution in [1.29, 1.82) is 0 Å². The summed E-state index contributed by atoms with van der Waals surface area (Å²) < 4.78 is 5.63. The van der Waals surface area contributed by atoms with E-state index in [-0.39, 0.29) is 18.0 Å². The SMILES string of the molecule is CC1OC(C)c2c1cnc(N(C)C)c2O. The van der Waals surface area contributed by atoms with Crippen LogP contribution in [0, 0.1) is 0 Å². The van der Waals surface area contributed by atoms with Crippen molar-refractivity contribution in [1.82, 2.24) is 4.98 Å². The number of pyridine rings is 1. The van der Waals surface area contributed by atoms with Gasteiger partial charge in [-0.3, -0.25) is 0 Å². The van der Waals surface area contributed by atoms with Gasteiger partial charge in [0.1, 0.15) is 0 Å². The van der Waals surface area contributed by atoms with Gasteiger partial charge in [-0.2, -0.15) is 0 Å². The molecule has 0 amide bonds. The van der Waals surface area contributed by atoms with E-state index in [4.69, 9.17) is 4.74 Å². The van der Waals surface area contributed by atoms with Gasteiger partial charge in [0.25, 0.3) is 0 Å². The number of aromatic hydroxyl groups is 1. The minimum Gasteiger partial charge on any atom is -0.504 e. The molecule has 4 heteroatoms. The van der Waals surface area contributed by atoms with E-state index in [1.54, 1.807) is 11.1 Å². The highest BCUT2D eigenvalue weighted by Crippen LogP contribution is 2.45. The van der Waals surface area contributed by atoms with E-state index in [0.29, 0.717) is 5.82 Å². The van der Waals surface area contributed by atoms with Crippen molar-refractivity contribution in [2.24, 2.45) is 0 Å². The van der Waals surface area contributed by atoms with Crippen LogP contribution in [0.15, 0.2) is 6.20 Å². The first-order chi connectivity index (χ1) is 7.02. The third-order valence-corrected chi connectivity index (χ3v) is 2.78. The summed E-state index contributed by atoms with van der Waals surface area (Å²) in [5, 5.41) is 10.1. The molecule has 0 bridgehead atoms. The second-order valence-electron chi connectivity index (χ2n) is 4.11. The van der Waals surface area contributed by atoms with Gasteiger partial charge in [0, 0.05) is 31.4 Å². The molecule has 0 saturated heterocycles. The average Bonchev–Trinajstić information content (AvgIpc) is 2.43. The maximum absolute atomic E-state index is 10.1. The van der Waals surface area contributed by atoms with Gasteiger partial charge >= 0.3 is 0 Å². The van der Waals surface area contributed by atoms with E-state index in [9.17, 15) is 5.11 Å². The zero-order chi connectivity index (χ0) is 11.2. The van der Waals surface area contributed by atoms with Crippen LogP contribution in [-0.4, -0.2) is 24.2 Å². The third-order valence-electron chi connectivity index (χ3n) is 2.78. The molecule has 0 spiro atoms. The molecule has 1 aliphatic heterocycles. The van der Waals surface area contributed by atoms with Gasteiger partial charge in [-0.1, -0.05) is 0 Å². The van der Waals surface area contributed by atoms with Gasteiger partial charge in [0.15, 0.2) is 11.6 Å². The number of fused-ring (bicyclic) bond motifs is 1. The molecule has 15 heavy (non-hydrogen) atoms. The Morgan fingerprint density at radius 3 is 2.60 bits per heavy atom. The Labute approximate surface area is 89.5 Å². The zero-order valence-electron chi connectivity index (χ0n) is 9.48. The lowest BCUT2D eigenvalue weighted by Crippen LogP contribution is -2.11. The minimum absolute atomic E-state index is 0.0182. The molecule has 1 aliphatic rings. The molecule has 0 radical (unpaired) electrons. The average molecular weight is 208 g/mol. The fourth-order valence-electron chi connectivity index (χ4n) is 2.04. The first kappa shape index (κ1) is 10.2. The van der Waals surface area contributed by atoms with E-state index < -0.39 is 0 Å². The summed E-state index contributed by atoms with van der Waals surface area (Å²) in [7, 11) is 3.72. The highest BCUT2D eigenvalue weighted by molar-refractivity contribution is 5.58. The van der Waals surface area contributed by atoms with E-state index in [1.165, 1.54) is 0 Å². The molecule has 2 rings (SSSR count). The van der Waals surface area contributed by atoms with Crippen LogP contribution < -0.4 is 4.90 Å². The van der Waals surface area contributed by atoms with Crippen molar-refractivity contribution in [2.45, 2.75) is 26.1 Å². The fourth-order valence-corrected chi connectivity index (χ4v) is 2.04. The molecule has 4 nitrogen and oxygen atoms in total. The molecule has 0 aromatic carbocycles. The normalized spacial score (nSPS) is 24.0. The molecular formula is C11H16N2O2. The van der Waals surface area contributed by atoms with E-state index in [0.717, 1.165) is 11.1 Å². The Bertz CT molecular complexity index is 390. The summed E-state index contributed by atoms with van der Waals surface area (Å²) in [5.41, 5.74) is 1.87. The van der Waals surface area contributed by atoms with Gasteiger partial charge in [-0.25, -0.2) is 4.98 Å². The molecule has 1 aromatic rings. The summed E-state index contributed by atoms with van der Waals surface area (Å²) in [5.74, 6) is 0.840. The van der Waals surface area contributed by atoms with Crippen LogP contribution in [0.3, 0.4) is 0 Å². The Morgan fingerprint density at radius 2 is 2.00 bits per heavy atom. The molecule has 2 unspecified atom stereocenters. The standard InChI is InChI=1S/C11H16N2O2/c1-6-8-5-12-11(13(3)4)10(14)9(8)7(2)15-6/h5-7,14H,1-4H3. The van der Waals surface area contributed by atoms with Crippen LogP contribution in [0.1, 0.15) is 37.2 Å². The highest BCUT2D eigenvalue weighted by Gasteiger charge is 2.30. The molecule has 82 valence electrons. The third kappa shape index (κ3) is 1.45. The largest absolute Gasteiger partial charge is 0.504 e. The maximum atomic E-state index is 10.1. The predicted molar refractivity (Wildman–Crippen MR) is 58.1 cm³/mol. The number of nitrogens with zero attached hydrogens (tertiary/aromatic N) is 2. The molecule has 0 saturated carbocycles. The summed E-state index contributed by atoms with van der Waals surface area (Å²) >= 11 is 0. The van der Waals surface area contributed by atoms with Crippen LogP contribution in [0.4, 0.5) is 5.82 Å². The fraction of sp³-hybridized carbons (Fsp3) is 0.545. The van der Waals surface area contributed by atoms with Crippen molar-refractivity contribution in [3.63, 3.8) is 0 Å². The van der Waals surface area contributed by atoms with Crippen LogP contribution in [0.2, 0.25) is 0 Å². The number of ether oxygens (including phenoxy) is 1. The lowest BCUT2D eigenvalue weighted by atomic mass is 10.0. The number of hydrogen-bond acceptors (Lipinski definition) is 4. The molecule has 0 aliphatic carbocycles. The number of aromatic nitrogens is 1. The van der Waals surface area contributed by atoms with Crippen molar-refractivity contribution in [3.05, 3.63) is 17.3 Å². The lowest BCUT2D eigenvalue weighted by molar-refractivity contribution is 0.0325. The number of hydrogen-bond donors (Lipinski definition) is 1. The van der Waals surface area contributed by atoms with Crippen LogP contribution >= 0.6 is 0 Å². The molecular weight excluding hydrogens is 192 g/mol. The molecule has 1 aromatic heterocycles.